The molecule has 3 rings (SSSR count). The van der Waals surface area contributed by atoms with Crippen LogP contribution in [0.5, 0.6) is 11.5 Å². The van der Waals surface area contributed by atoms with Crippen LogP contribution in [0.1, 0.15) is 23.5 Å². The number of nitrogens with one attached hydrogen (secondary N) is 2. The Hall–Kier alpha value is -2.48. The van der Waals surface area contributed by atoms with Gasteiger partial charge in [0, 0.05) is 12.3 Å². The Labute approximate surface area is 142 Å². The van der Waals surface area contributed by atoms with Crippen LogP contribution in [0.3, 0.4) is 0 Å². The van der Waals surface area contributed by atoms with Gasteiger partial charge in [0.2, 0.25) is 5.91 Å². The molecular formula is C16H17N3O4S. The first-order chi connectivity index (χ1) is 11.6. The van der Waals surface area contributed by atoms with Crippen LogP contribution in [0.4, 0.5) is 5.82 Å². The number of ether oxygens (including phenoxy) is 2. The highest BCUT2D eigenvalue weighted by Gasteiger charge is 2.31. The number of hydrogen-bond acceptors (Lipinski definition) is 6. The number of amides is 1. The Bertz CT molecular complexity index is 850. The first kappa shape index (κ1) is 16.4. The molecule has 0 saturated carbocycles. The number of carbonyl (C=O) groups excluding carboxylic acids is 1. The van der Waals surface area contributed by atoms with E-state index in [9.17, 15) is 9.59 Å². The van der Waals surface area contributed by atoms with Gasteiger partial charge in [0.15, 0.2) is 16.7 Å². The molecule has 126 valence electrons. The fourth-order valence-electron chi connectivity index (χ4n) is 2.80. The summed E-state index contributed by atoms with van der Waals surface area (Å²) in [4.78, 5) is 31.6. The van der Waals surface area contributed by atoms with Crippen molar-refractivity contribution < 1.29 is 14.3 Å². The molecule has 1 aromatic carbocycles. The van der Waals surface area contributed by atoms with Crippen molar-refractivity contribution in [1.82, 2.24) is 9.97 Å². The minimum atomic E-state index is -0.388. The monoisotopic (exact) mass is 347 g/mol. The second-order valence-electron chi connectivity index (χ2n) is 5.26. The van der Waals surface area contributed by atoms with E-state index in [1.165, 1.54) is 11.8 Å². The van der Waals surface area contributed by atoms with Gasteiger partial charge in [-0.05, 0) is 24.0 Å². The van der Waals surface area contributed by atoms with Crippen molar-refractivity contribution in [2.45, 2.75) is 17.5 Å². The van der Waals surface area contributed by atoms with Gasteiger partial charge < -0.3 is 19.8 Å². The van der Waals surface area contributed by atoms with Crippen LogP contribution in [0.25, 0.3) is 0 Å². The van der Waals surface area contributed by atoms with Gasteiger partial charge in [-0.1, -0.05) is 17.8 Å². The van der Waals surface area contributed by atoms with Crippen LogP contribution in [0.2, 0.25) is 0 Å². The number of aromatic amines is 1. The van der Waals surface area contributed by atoms with E-state index in [1.54, 1.807) is 32.6 Å². The van der Waals surface area contributed by atoms with Crippen LogP contribution in [0.15, 0.2) is 28.2 Å². The lowest BCUT2D eigenvalue weighted by Crippen LogP contribution is -2.31. The quantitative estimate of drug-likeness (QED) is 0.649. The van der Waals surface area contributed by atoms with Gasteiger partial charge >= 0.3 is 0 Å². The second kappa shape index (κ2) is 6.56. The van der Waals surface area contributed by atoms with Crippen LogP contribution >= 0.6 is 11.8 Å². The topological polar surface area (TPSA) is 93.3 Å². The molecule has 1 aromatic heterocycles. The number of anilines is 1. The van der Waals surface area contributed by atoms with Gasteiger partial charge in [0.1, 0.15) is 5.82 Å². The Morgan fingerprint density at radius 1 is 1.21 bits per heavy atom. The number of benzene rings is 1. The minimum absolute atomic E-state index is 0.172. The van der Waals surface area contributed by atoms with Gasteiger partial charge in [0.05, 0.1) is 19.8 Å². The van der Waals surface area contributed by atoms with Crippen molar-refractivity contribution in [2.24, 2.45) is 0 Å². The largest absolute Gasteiger partial charge is 0.493 e. The first-order valence-corrected chi connectivity index (χ1v) is 8.49. The van der Waals surface area contributed by atoms with Crippen molar-refractivity contribution >= 4 is 23.5 Å². The van der Waals surface area contributed by atoms with Gasteiger partial charge in [-0.25, -0.2) is 4.98 Å². The van der Waals surface area contributed by atoms with Crippen molar-refractivity contribution in [1.29, 1.82) is 0 Å². The molecule has 1 aliphatic heterocycles. The third kappa shape index (κ3) is 2.84. The van der Waals surface area contributed by atoms with Crippen LogP contribution in [-0.2, 0) is 4.79 Å². The van der Waals surface area contributed by atoms with Gasteiger partial charge in [-0.2, -0.15) is 0 Å². The number of thioether (sulfide) groups is 1. The molecule has 1 aliphatic rings. The maximum Gasteiger partial charge on any atom is 0.257 e. The molecule has 7 nitrogen and oxygen atoms in total. The average molecular weight is 347 g/mol. The Kier molecular flexibility index (Phi) is 4.48. The Balaban J connectivity index is 2.14. The number of rotatable bonds is 4. The molecule has 1 amide bonds. The summed E-state index contributed by atoms with van der Waals surface area (Å²) in [5.74, 6) is 0.895. The van der Waals surface area contributed by atoms with E-state index in [0.29, 0.717) is 28.0 Å². The normalized spacial score (nSPS) is 16.3. The summed E-state index contributed by atoms with van der Waals surface area (Å²) in [6.45, 7) is 0. The molecule has 0 fully saturated rings. The number of aromatic nitrogens is 2. The molecule has 8 heteroatoms. The number of H-pyrrole nitrogens is 1. The molecule has 1 atom stereocenters. The summed E-state index contributed by atoms with van der Waals surface area (Å²) in [6, 6.07) is 5.38. The third-order valence-corrected chi connectivity index (χ3v) is 4.51. The number of nitrogens with zero attached hydrogens (tertiary/aromatic N) is 1. The fraction of sp³-hybridized carbons (Fsp3) is 0.312. The standard InChI is InChI=1S/C16H17N3O4S/c1-22-10-5-4-8(6-11(10)23-2)9-7-12(20)17-14-13(9)15(21)19-16(18-14)24-3/h4-6,9H,7H2,1-3H3,(H2,17,18,19,20,21)/t9-/m1/s1. The van der Waals surface area contributed by atoms with Gasteiger partial charge in [0.25, 0.3) is 5.56 Å². The fourth-order valence-corrected chi connectivity index (χ4v) is 3.18. The lowest BCUT2D eigenvalue weighted by Gasteiger charge is -2.25. The molecule has 24 heavy (non-hydrogen) atoms. The number of hydrogen-bond donors (Lipinski definition) is 2. The second-order valence-corrected chi connectivity index (χ2v) is 6.05. The lowest BCUT2D eigenvalue weighted by molar-refractivity contribution is -0.116. The smallest absolute Gasteiger partial charge is 0.257 e. The minimum Gasteiger partial charge on any atom is -0.493 e. The van der Waals surface area contributed by atoms with E-state index in [4.69, 9.17) is 9.47 Å². The van der Waals surface area contributed by atoms with E-state index in [0.717, 1.165) is 5.56 Å². The van der Waals surface area contributed by atoms with Gasteiger partial charge in [-0.15, -0.1) is 0 Å². The number of carbonyl (C=O) groups is 1. The van der Waals surface area contributed by atoms with Crippen molar-refractivity contribution in [2.75, 3.05) is 25.8 Å². The van der Waals surface area contributed by atoms with E-state index in [2.05, 4.69) is 15.3 Å². The SMILES string of the molecule is COc1ccc([C@H]2CC(=O)Nc3nc(SC)[nH]c(=O)c32)cc1OC. The van der Waals surface area contributed by atoms with E-state index in [-0.39, 0.29) is 23.8 Å². The predicted octanol–water partition coefficient (Wildman–Crippen LogP) is 1.98. The zero-order valence-electron chi connectivity index (χ0n) is 13.5. The number of methoxy groups -OCH3 is 2. The summed E-state index contributed by atoms with van der Waals surface area (Å²) in [5.41, 5.74) is 1.01. The zero-order valence-corrected chi connectivity index (χ0v) is 14.3. The summed E-state index contributed by atoms with van der Waals surface area (Å²) >= 11 is 1.31. The highest BCUT2D eigenvalue weighted by atomic mass is 32.2. The van der Waals surface area contributed by atoms with Crippen molar-refractivity contribution in [3.8, 4) is 11.5 Å². The molecule has 0 bridgehead atoms. The maximum atomic E-state index is 12.5. The third-order valence-electron chi connectivity index (χ3n) is 3.93. The molecule has 2 N–H and O–H groups in total. The highest BCUT2D eigenvalue weighted by molar-refractivity contribution is 7.98. The molecule has 0 radical (unpaired) electrons. The molecule has 0 saturated heterocycles. The summed E-state index contributed by atoms with van der Waals surface area (Å²) < 4.78 is 10.6. The average Bonchev–Trinajstić information content (AvgIpc) is 2.59. The highest BCUT2D eigenvalue weighted by Crippen LogP contribution is 2.38. The summed E-state index contributed by atoms with van der Waals surface area (Å²) in [7, 11) is 3.10. The van der Waals surface area contributed by atoms with E-state index >= 15 is 0 Å². The molecule has 0 unspecified atom stereocenters. The molecule has 2 aromatic rings. The predicted molar refractivity (Wildman–Crippen MR) is 91.3 cm³/mol. The Morgan fingerprint density at radius 2 is 1.96 bits per heavy atom. The van der Waals surface area contributed by atoms with E-state index in [1.807, 2.05) is 6.07 Å². The molecule has 2 heterocycles. The van der Waals surface area contributed by atoms with Crippen molar-refractivity contribution in [3.05, 3.63) is 39.7 Å². The van der Waals surface area contributed by atoms with E-state index < -0.39 is 0 Å². The van der Waals surface area contributed by atoms with Gasteiger partial charge in [-0.3, -0.25) is 9.59 Å². The summed E-state index contributed by atoms with van der Waals surface area (Å²) in [5, 5.41) is 3.15. The van der Waals surface area contributed by atoms with Crippen LogP contribution in [-0.4, -0.2) is 36.4 Å². The Morgan fingerprint density at radius 3 is 2.62 bits per heavy atom. The first-order valence-electron chi connectivity index (χ1n) is 7.27. The maximum absolute atomic E-state index is 12.5. The summed E-state index contributed by atoms with van der Waals surface area (Å²) in [6.07, 6.45) is 1.98. The van der Waals surface area contributed by atoms with Crippen molar-refractivity contribution in [3.63, 3.8) is 0 Å². The zero-order chi connectivity index (χ0) is 17.3. The molecular weight excluding hydrogens is 330 g/mol. The molecule has 0 spiro atoms. The molecule has 0 aliphatic carbocycles. The lowest BCUT2D eigenvalue weighted by atomic mass is 9.86. The van der Waals surface area contributed by atoms with Crippen LogP contribution < -0.4 is 20.3 Å². The number of fused-ring (bicyclic) bond motifs is 1. The van der Waals surface area contributed by atoms with Crippen LogP contribution in [0, 0.1) is 0 Å².